The summed E-state index contributed by atoms with van der Waals surface area (Å²) in [6.07, 6.45) is 20.5. The van der Waals surface area contributed by atoms with Gasteiger partial charge < -0.3 is 4.74 Å². The summed E-state index contributed by atoms with van der Waals surface area (Å²) in [5, 5.41) is 0. The Labute approximate surface area is 143 Å². The van der Waals surface area contributed by atoms with Crippen LogP contribution in [0.1, 0.15) is 90.4 Å². The van der Waals surface area contributed by atoms with E-state index in [0.29, 0.717) is 18.8 Å². The van der Waals surface area contributed by atoms with Crippen LogP contribution < -0.4 is 0 Å². The molecule has 0 aromatic heterocycles. The number of carbonyl (C=O) groups is 1. The fourth-order valence-electron chi connectivity index (χ4n) is 2.39. The van der Waals surface area contributed by atoms with Gasteiger partial charge in [0.1, 0.15) is 6.61 Å². The molecule has 0 radical (unpaired) electrons. The third-order valence-electron chi connectivity index (χ3n) is 3.75. The van der Waals surface area contributed by atoms with Crippen molar-refractivity contribution in [3.05, 3.63) is 12.2 Å². The molecular formula is C19H36O2S. The molecule has 0 aliphatic rings. The van der Waals surface area contributed by atoms with Crippen LogP contribution in [0.5, 0.6) is 0 Å². The summed E-state index contributed by atoms with van der Waals surface area (Å²) in [6, 6.07) is 0. The van der Waals surface area contributed by atoms with Gasteiger partial charge in [-0.05, 0) is 32.1 Å². The maximum Gasteiger partial charge on any atom is 0.305 e. The molecule has 0 aromatic carbocycles. The number of ether oxygens (including phenoxy) is 1. The fourth-order valence-corrected chi connectivity index (χ4v) is 2.49. The normalized spacial score (nSPS) is 11.2. The van der Waals surface area contributed by atoms with Gasteiger partial charge in [-0.15, -0.1) is 0 Å². The van der Waals surface area contributed by atoms with E-state index < -0.39 is 0 Å². The lowest BCUT2D eigenvalue weighted by Gasteiger charge is -2.01. The maximum absolute atomic E-state index is 11.2. The van der Waals surface area contributed by atoms with E-state index >= 15 is 0 Å². The summed E-state index contributed by atoms with van der Waals surface area (Å²) in [5.41, 5.74) is 0. The fraction of sp³-hybridized carbons (Fsp3) is 0.842. The lowest BCUT2D eigenvalue weighted by molar-refractivity contribution is -0.143. The lowest BCUT2D eigenvalue weighted by Crippen LogP contribution is -2.06. The van der Waals surface area contributed by atoms with Crippen LogP contribution in [0.25, 0.3) is 0 Å². The van der Waals surface area contributed by atoms with Gasteiger partial charge in [-0.1, -0.05) is 64.0 Å². The summed E-state index contributed by atoms with van der Waals surface area (Å²) in [4.78, 5) is 11.2. The number of hydrogen-bond donors (Lipinski definition) is 1. The highest BCUT2D eigenvalue weighted by atomic mass is 32.1. The van der Waals surface area contributed by atoms with E-state index in [1.165, 1.54) is 57.8 Å². The average molecular weight is 329 g/mol. The van der Waals surface area contributed by atoms with Crippen molar-refractivity contribution in [2.45, 2.75) is 90.4 Å². The van der Waals surface area contributed by atoms with E-state index in [-0.39, 0.29) is 5.97 Å². The number of rotatable bonds is 16. The Morgan fingerprint density at radius 1 is 0.864 bits per heavy atom. The molecule has 0 heterocycles. The van der Waals surface area contributed by atoms with E-state index in [1.54, 1.807) is 0 Å². The van der Waals surface area contributed by atoms with Gasteiger partial charge in [0.15, 0.2) is 0 Å². The van der Waals surface area contributed by atoms with Crippen LogP contribution in [0.4, 0.5) is 0 Å². The van der Waals surface area contributed by atoms with Crippen LogP contribution in [0.15, 0.2) is 12.2 Å². The second-order valence-corrected chi connectivity index (χ2v) is 6.37. The van der Waals surface area contributed by atoms with Crippen LogP contribution in [0.3, 0.4) is 0 Å². The SMILES string of the molecule is CCCCCCCCCC/C=C/CCCCC(=O)OCCS. The molecule has 0 rings (SSSR count). The molecule has 0 amide bonds. The van der Waals surface area contributed by atoms with Crippen molar-refractivity contribution in [1.29, 1.82) is 0 Å². The Balaban J connectivity index is 3.16. The molecule has 0 atom stereocenters. The van der Waals surface area contributed by atoms with E-state index in [4.69, 9.17) is 4.74 Å². The molecule has 0 spiro atoms. The van der Waals surface area contributed by atoms with E-state index in [9.17, 15) is 4.79 Å². The van der Waals surface area contributed by atoms with E-state index in [1.807, 2.05) is 0 Å². The highest BCUT2D eigenvalue weighted by Crippen LogP contribution is 2.10. The molecule has 22 heavy (non-hydrogen) atoms. The standard InChI is InChI=1S/C19H36O2S/c1-2-3-4-5-6-7-8-9-10-11-12-13-14-15-16-19(20)21-17-18-22/h11-12,22H,2-10,13-18H2,1H3/b12-11+. The predicted octanol–water partition coefficient (Wildman–Crippen LogP) is 6.11. The maximum atomic E-state index is 11.2. The number of carbonyl (C=O) groups excluding carboxylic acids is 1. The van der Waals surface area contributed by atoms with Gasteiger partial charge in [0.05, 0.1) is 0 Å². The smallest absolute Gasteiger partial charge is 0.305 e. The first-order chi connectivity index (χ1) is 10.8. The second kappa shape index (κ2) is 18.6. The van der Waals surface area contributed by atoms with Gasteiger partial charge in [-0.25, -0.2) is 0 Å². The summed E-state index contributed by atoms with van der Waals surface area (Å²) < 4.78 is 4.97. The van der Waals surface area contributed by atoms with Crippen molar-refractivity contribution < 1.29 is 9.53 Å². The zero-order chi connectivity index (χ0) is 16.3. The Kier molecular flexibility index (Phi) is 18.2. The lowest BCUT2D eigenvalue weighted by atomic mass is 10.1. The molecular weight excluding hydrogens is 292 g/mol. The zero-order valence-electron chi connectivity index (χ0n) is 14.5. The summed E-state index contributed by atoms with van der Waals surface area (Å²) >= 11 is 4.01. The number of thiol groups is 1. The summed E-state index contributed by atoms with van der Waals surface area (Å²) in [5.74, 6) is 0.518. The first kappa shape index (κ1) is 21.6. The largest absolute Gasteiger partial charge is 0.465 e. The summed E-state index contributed by atoms with van der Waals surface area (Å²) in [6.45, 7) is 2.70. The average Bonchev–Trinajstić information content (AvgIpc) is 2.53. The van der Waals surface area contributed by atoms with E-state index in [2.05, 4.69) is 31.7 Å². The third kappa shape index (κ3) is 17.6. The molecule has 3 heteroatoms. The number of esters is 1. The van der Waals surface area contributed by atoms with Crippen molar-refractivity contribution in [2.75, 3.05) is 12.4 Å². The number of unbranched alkanes of at least 4 members (excludes halogenated alkanes) is 10. The monoisotopic (exact) mass is 328 g/mol. The second-order valence-electron chi connectivity index (χ2n) is 5.92. The van der Waals surface area contributed by atoms with Gasteiger partial charge in [0, 0.05) is 12.2 Å². The molecule has 130 valence electrons. The number of hydrogen-bond acceptors (Lipinski definition) is 3. The Bertz CT molecular complexity index is 264. The van der Waals surface area contributed by atoms with Crippen molar-refractivity contribution in [3.63, 3.8) is 0 Å². The van der Waals surface area contributed by atoms with Crippen molar-refractivity contribution in [2.24, 2.45) is 0 Å². The Morgan fingerprint density at radius 3 is 2.00 bits per heavy atom. The quantitative estimate of drug-likeness (QED) is 0.160. The molecule has 2 nitrogen and oxygen atoms in total. The highest BCUT2D eigenvalue weighted by Gasteiger charge is 2.00. The molecule has 0 fully saturated rings. The van der Waals surface area contributed by atoms with Gasteiger partial charge in [-0.2, -0.15) is 12.6 Å². The predicted molar refractivity (Wildman–Crippen MR) is 99.6 cm³/mol. The summed E-state index contributed by atoms with van der Waals surface area (Å²) in [7, 11) is 0. The molecule has 0 bridgehead atoms. The van der Waals surface area contributed by atoms with Crippen LogP contribution in [-0.4, -0.2) is 18.3 Å². The number of allylic oxidation sites excluding steroid dienone is 2. The van der Waals surface area contributed by atoms with Crippen LogP contribution in [0, 0.1) is 0 Å². The molecule has 0 aliphatic carbocycles. The minimum atomic E-state index is -0.0861. The zero-order valence-corrected chi connectivity index (χ0v) is 15.4. The molecule has 0 saturated heterocycles. The first-order valence-corrected chi connectivity index (χ1v) is 9.86. The van der Waals surface area contributed by atoms with E-state index in [0.717, 1.165) is 19.3 Å². The first-order valence-electron chi connectivity index (χ1n) is 9.22. The topological polar surface area (TPSA) is 26.3 Å². The minimum Gasteiger partial charge on any atom is -0.465 e. The van der Waals surface area contributed by atoms with Crippen LogP contribution >= 0.6 is 12.6 Å². The van der Waals surface area contributed by atoms with Crippen molar-refractivity contribution >= 4 is 18.6 Å². The van der Waals surface area contributed by atoms with Crippen molar-refractivity contribution in [1.82, 2.24) is 0 Å². The van der Waals surface area contributed by atoms with Crippen molar-refractivity contribution in [3.8, 4) is 0 Å². The third-order valence-corrected chi connectivity index (χ3v) is 3.93. The van der Waals surface area contributed by atoms with Crippen LogP contribution in [-0.2, 0) is 9.53 Å². The minimum absolute atomic E-state index is 0.0861. The molecule has 0 N–H and O–H groups in total. The highest BCUT2D eigenvalue weighted by molar-refractivity contribution is 7.80. The van der Waals surface area contributed by atoms with Gasteiger partial charge in [0.25, 0.3) is 0 Å². The molecule has 0 aromatic rings. The van der Waals surface area contributed by atoms with Crippen LogP contribution in [0.2, 0.25) is 0 Å². The molecule has 0 aliphatic heterocycles. The van der Waals surface area contributed by atoms with Gasteiger partial charge >= 0.3 is 5.97 Å². The Hall–Kier alpha value is -0.440. The molecule has 0 saturated carbocycles. The van der Waals surface area contributed by atoms with Gasteiger partial charge in [-0.3, -0.25) is 4.79 Å². The Morgan fingerprint density at radius 2 is 1.41 bits per heavy atom. The molecule has 0 unspecified atom stereocenters. The van der Waals surface area contributed by atoms with Gasteiger partial charge in [0.2, 0.25) is 0 Å².